The van der Waals surface area contributed by atoms with Crippen molar-refractivity contribution in [3.05, 3.63) is 64.5 Å². The molecule has 10 nitrogen and oxygen atoms in total. The number of hydrogen-bond donors (Lipinski definition) is 3. The van der Waals surface area contributed by atoms with Crippen molar-refractivity contribution in [1.82, 2.24) is 19.9 Å². The summed E-state index contributed by atoms with van der Waals surface area (Å²) in [6.07, 6.45) is 5.68. The van der Waals surface area contributed by atoms with E-state index in [1.165, 1.54) is 4.90 Å². The highest BCUT2D eigenvalue weighted by Crippen LogP contribution is 2.40. The van der Waals surface area contributed by atoms with Gasteiger partial charge in [-0.25, -0.2) is 14.8 Å². The summed E-state index contributed by atoms with van der Waals surface area (Å²) >= 11 is 12.3. The van der Waals surface area contributed by atoms with Gasteiger partial charge in [0.1, 0.15) is 0 Å². The first-order chi connectivity index (χ1) is 19.3. The van der Waals surface area contributed by atoms with Crippen LogP contribution in [0.15, 0.2) is 48.9 Å². The van der Waals surface area contributed by atoms with Gasteiger partial charge in [0.25, 0.3) is 0 Å². The third kappa shape index (κ3) is 5.07. The molecule has 2 aromatic carbocycles. The third-order valence-electron chi connectivity index (χ3n) is 7.17. The normalized spacial score (nSPS) is 15.3. The Morgan fingerprint density at radius 3 is 2.20 bits per heavy atom. The number of Topliss-reactive ketones (excluding diaryl/α,β-unsaturated/α-hetero) is 1. The fourth-order valence-electron chi connectivity index (χ4n) is 4.78. The van der Waals surface area contributed by atoms with Gasteiger partial charge in [-0.3, -0.25) is 9.78 Å². The molecule has 0 bridgehead atoms. The minimum Gasteiger partial charge on any atom is -0.505 e. The predicted molar refractivity (Wildman–Crippen MR) is 153 cm³/mol. The molecule has 3 heterocycles. The molecule has 0 atom stereocenters. The molecule has 1 saturated carbocycles. The standard InChI is InChI=1S/C28H24Cl2N6O4/c29-21-10-17(11-22(30)26(21)38)16-3-4-23-19(9-16)24(20(14-31-23)25(37)15-1-2-15)34-18-12-32-27(33-13-18)35-5-7-36(8-6-35)28(39)40/h3-4,9-15,38H,1-2,5-8H2,(H,31,34)(H,39,40). The number of aromatic nitrogens is 3. The van der Waals surface area contributed by atoms with Crippen molar-refractivity contribution in [3.63, 3.8) is 0 Å². The van der Waals surface area contributed by atoms with Crippen LogP contribution in [0, 0.1) is 5.92 Å². The molecule has 1 amide bonds. The lowest BCUT2D eigenvalue weighted by Gasteiger charge is -2.33. The minimum atomic E-state index is -0.930. The van der Waals surface area contributed by atoms with E-state index in [2.05, 4.69) is 20.3 Å². The molecule has 2 aliphatic rings. The smallest absolute Gasteiger partial charge is 0.407 e. The van der Waals surface area contributed by atoms with Gasteiger partial charge in [0, 0.05) is 43.7 Å². The molecule has 12 heteroatoms. The zero-order valence-corrected chi connectivity index (χ0v) is 22.7. The van der Waals surface area contributed by atoms with Crippen LogP contribution >= 0.6 is 23.2 Å². The van der Waals surface area contributed by atoms with Crippen LogP contribution in [-0.4, -0.2) is 68.1 Å². The molecule has 1 aliphatic heterocycles. The number of pyridine rings is 1. The molecule has 0 radical (unpaired) electrons. The summed E-state index contributed by atoms with van der Waals surface area (Å²) in [5.74, 6) is 0.349. The number of carboxylic acid groups (broad SMARTS) is 1. The number of piperazine rings is 1. The van der Waals surface area contributed by atoms with Crippen molar-refractivity contribution in [2.75, 3.05) is 36.4 Å². The molecule has 2 fully saturated rings. The van der Waals surface area contributed by atoms with Gasteiger partial charge < -0.3 is 25.3 Å². The van der Waals surface area contributed by atoms with Gasteiger partial charge in [-0.1, -0.05) is 29.3 Å². The quantitative estimate of drug-likeness (QED) is 0.241. The van der Waals surface area contributed by atoms with Gasteiger partial charge in [0.15, 0.2) is 11.5 Å². The monoisotopic (exact) mass is 578 g/mol. The van der Waals surface area contributed by atoms with Crippen LogP contribution in [0.4, 0.5) is 22.1 Å². The summed E-state index contributed by atoms with van der Waals surface area (Å²) in [6, 6.07) is 8.90. The Balaban J connectivity index is 1.35. The summed E-state index contributed by atoms with van der Waals surface area (Å²) in [4.78, 5) is 41.3. The molecule has 0 unspecified atom stereocenters. The Kier molecular flexibility index (Phi) is 6.81. The van der Waals surface area contributed by atoms with Crippen LogP contribution in [0.5, 0.6) is 5.75 Å². The molecule has 204 valence electrons. The van der Waals surface area contributed by atoms with E-state index in [4.69, 9.17) is 23.2 Å². The lowest BCUT2D eigenvalue weighted by Crippen LogP contribution is -2.48. The summed E-state index contributed by atoms with van der Waals surface area (Å²) in [6.45, 7) is 1.77. The molecular formula is C28H24Cl2N6O4. The van der Waals surface area contributed by atoms with Gasteiger partial charge in [0.2, 0.25) is 5.95 Å². The molecule has 2 aromatic heterocycles. The Morgan fingerprint density at radius 2 is 1.57 bits per heavy atom. The molecule has 1 aliphatic carbocycles. The first-order valence-electron chi connectivity index (χ1n) is 12.8. The maximum Gasteiger partial charge on any atom is 0.407 e. The number of carbonyl (C=O) groups excluding carboxylic acids is 1. The highest BCUT2D eigenvalue weighted by atomic mass is 35.5. The number of ketones is 1. The molecular weight excluding hydrogens is 555 g/mol. The average Bonchev–Trinajstić information content (AvgIpc) is 3.81. The maximum absolute atomic E-state index is 13.3. The number of rotatable bonds is 6. The number of nitrogens with zero attached hydrogens (tertiary/aromatic N) is 5. The topological polar surface area (TPSA) is 132 Å². The molecule has 40 heavy (non-hydrogen) atoms. The number of anilines is 3. The maximum atomic E-state index is 13.3. The number of amides is 1. The van der Waals surface area contributed by atoms with E-state index in [9.17, 15) is 19.8 Å². The van der Waals surface area contributed by atoms with Crippen LogP contribution in [0.25, 0.3) is 22.0 Å². The minimum absolute atomic E-state index is 0.0132. The van der Waals surface area contributed by atoms with E-state index >= 15 is 0 Å². The van der Waals surface area contributed by atoms with E-state index < -0.39 is 6.09 Å². The van der Waals surface area contributed by atoms with Crippen LogP contribution < -0.4 is 10.2 Å². The average molecular weight is 579 g/mol. The van der Waals surface area contributed by atoms with Crippen molar-refractivity contribution in [3.8, 4) is 16.9 Å². The SMILES string of the molecule is O=C(c1cnc2ccc(-c3cc(Cl)c(O)c(Cl)c3)cc2c1Nc1cnc(N2CCN(C(=O)O)CC2)nc1)C1CC1. The molecule has 6 rings (SSSR count). The molecule has 4 aromatic rings. The van der Waals surface area contributed by atoms with Gasteiger partial charge in [-0.05, 0) is 48.2 Å². The highest BCUT2D eigenvalue weighted by Gasteiger charge is 2.32. The third-order valence-corrected chi connectivity index (χ3v) is 7.75. The van der Waals surface area contributed by atoms with Crippen LogP contribution in [-0.2, 0) is 0 Å². The number of nitrogens with one attached hydrogen (secondary N) is 1. The first-order valence-corrected chi connectivity index (χ1v) is 13.5. The Labute approximate surface area is 239 Å². The molecule has 1 saturated heterocycles. The number of phenols is 1. The van der Waals surface area contributed by atoms with Gasteiger partial charge in [-0.15, -0.1) is 0 Å². The van der Waals surface area contributed by atoms with Crippen LogP contribution in [0.1, 0.15) is 23.2 Å². The number of fused-ring (bicyclic) bond motifs is 1. The van der Waals surface area contributed by atoms with E-state index in [1.54, 1.807) is 30.7 Å². The predicted octanol–water partition coefficient (Wildman–Crippen LogP) is 5.84. The van der Waals surface area contributed by atoms with E-state index in [-0.39, 0.29) is 27.5 Å². The Morgan fingerprint density at radius 1 is 0.900 bits per heavy atom. The van der Waals surface area contributed by atoms with Crippen molar-refractivity contribution in [2.45, 2.75) is 12.8 Å². The zero-order valence-electron chi connectivity index (χ0n) is 21.1. The number of phenolic OH excluding ortho intramolecular Hbond substituents is 1. The number of carbonyl (C=O) groups is 2. The first kappa shape index (κ1) is 26.1. The largest absolute Gasteiger partial charge is 0.505 e. The van der Waals surface area contributed by atoms with Crippen molar-refractivity contribution in [1.29, 1.82) is 0 Å². The van der Waals surface area contributed by atoms with Crippen molar-refractivity contribution in [2.24, 2.45) is 5.92 Å². The van der Waals surface area contributed by atoms with Crippen LogP contribution in [0.2, 0.25) is 10.0 Å². The Bertz CT molecular complexity index is 1610. The summed E-state index contributed by atoms with van der Waals surface area (Å²) < 4.78 is 0. The summed E-state index contributed by atoms with van der Waals surface area (Å²) in [5.41, 5.74) is 3.85. The fraction of sp³-hybridized carbons (Fsp3) is 0.250. The van der Waals surface area contributed by atoms with Crippen LogP contribution in [0.3, 0.4) is 0 Å². The Hall–Kier alpha value is -4.15. The number of hydrogen-bond acceptors (Lipinski definition) is 8. The van der Waals surface area contributed by atoms with Crippen molar-refractivity contribution >= 4 is 63.3 Å². The lowest BCUT2D eigenvalue weighted by atomic mass is 9.99. The number of benzene rings is 2. The summed E-state index contributed by atoms with van der Waals surface area (Å²) in [5, 5.41) is 23.5. The second-order valence-corrected chi connectivity index (χ2v) is 10.7. The van der Waals surface area contributed by atoms with E-state index in [0.29, 0.717) is 60.1 Å². The molecule has 0 spiro atoms. The van der Waals surface area contributed by atoms with Gasteiger partial charge in [-0.2, -0.15) is 0 Å². The number of halogens is 2. The van der Waals surface area contributed by atoms with Gasteiger partial charge >= 0.3 is 6.09 Å². The molecule has 3 N–H and O–H groups in total. The number of aromatic hydroxyl groups is 1. The lowest BCUT2D eigenvalue weighted by molar-refractivity contribution is 0.0968. The highest BCUT2D eigenvalue weighted by molar-refractivity contribution is 6.37. The second kappa shape index (κ2) is 10.4. The zero-order chi connectivity index (χ0) is 28.0. The fourth-order valence-corrected chi connectivity index (χ4v) is 5.27. The second-order valence-electron chi connectivity index (χ2n) is 9.86. The van der Waals surface area contributed by atoms with E-state index in [1.807, 2.05) is 23.1 Å². The van der Waals surface area contributed by atoms with Gasteiger partial charge in [0.05, 0.1) is 44.9 Å². The summed E-state index contributed by atoms with van der Waals surface area (Å²) in [7, 11) is 0. The van der Waals surface area contributed by atoms with Crippen molar-refractivity contribution < 1.29 is 19.8 Å². The van der Waals surface area contributed by atoms with E-state index in [0.717, 1.165) is 23.8 Å².